The third-order valence-corrected chi connectivity index (χ3v) is 5.22. The van der Waals surface area contributed by atoms with Crippen LogP contribution < -0.4 is 5.73 Å². The number of fused-ring (bicyclic) bond motifs is 1. The molecule has 0 aromatic heterocycles. The highest BCUT2D eigenvalue weighted by Crippen LogP contribution is 2.40. The van der Waals surface area contributed by atoms with Gasteiger partial charge in [0, 0.05) is 23.7 Å². The second-order valence-corrected chi connectivity index (χ2v) is 6.43. The lowest BCUT2D eigenvalue weighted by Gasteiger charge is -2.23. The average molecular weight is 292 g/mol. The van der Waals surface area contributed by atoms with Crippen LogP contribution in [0.5, 0.6) is 0 Å². The van der Waals surface area contributed by atoms with E-state index in [1.165, 1.54) is 0 Å². The Morgan fingerprint density at radius 3 is 2.85 bits per heavy atom. The van der Waals surface area contributed by atoms with Crippen molar-refractivity contribution < 1.29 is 14.7 Å². The zero-order valence-corrected chi connectivity index (χ0v) is 11.7. The van der Waals surface area contributed by atoms with Crippen LogP contribution in [-0.2, 0) is 9.59 Å². The number of nitrogens with zero attached hydrogens (tertiary/aromatic N) is 1. The fourth-order valence-electron chi connectivity index (χ4n) is 2.78. The van der Waals surface area contributed by atoms with Crippen molar-refractivity contribution in [1.29, 1.82) is 0 Å². The van der Waals surface area contributed by atoms with Gasteiger partial charge in [0.1, 0.15) is 5.54 Å². The van der Waals surface area contributed by atoms with Crippen LogP contribution in [0.3, 0.4) is 0 Å². The fourth-order valence-corrected chi connectivity index (χ4v) is 4.00. The Balaban J connectivity index is 1.77. The number of thioether (sulfide) groups is 1. The Hall–Kier alpha value is -1.53. The number of likely N-dealkylation sites (tertiary alicyclic amines) is 1. The third kappa shape index (κ3) is 2.09. The Morgan fingerprint density at radius 2 is 2.15 bits per heavy atom. The monoisotopic (exact) mass is 292 g/mol. The molecule has 2 atom stereocenters. The molecule has 5 nitrogen and oxygen atoms in total. The predicted molar refractivity (Wildman–Crippen MR) is 75.7 cm³/mol. The van der Waals surface area contributed by atoms with E-state index in [1.54, 1.807) is 16.7 Å². The maximum absolute atomic E-state index is 12.6. The summed E-state index contributed by atoms with van der Waals surface area (Å²) in [5.41, 5.74) is 5.58. The number of amides is 1. The lowest BCUT2D eigenvalue weighted by atomic mass is 9.99. The number of hydrogen-bond donors (Lipinski definition) is 2. The normalized spacial score (nSPS) is 28.4. The van der Waals surface area contributed by atoms with Gasteiger partial charge in [-0.05, 0) is 18.1 Å². The minimum absolute atomic E-state index is 0.00368. The average Bonchev–Trinajstić information content (AvgIpc) is 3.03. The standard InChI is InChI=1S/C14H16N2O3S/c15-14(13(18)19)5-6-16(8-14)12(17)10-7-20-11-4-2-1-3-9(10)11/h1-4,10H,5-8,15H2,(H,18,19). The molecule has 0 aliphatic carbocycles. The van der Waals surface area contributed by atoms with Gasteiger partial charge in [0.05, 0.1) is 5.92 Å². The molecule has 0 radical (unpaired) electrons. The van der Waals surface area contributed by atoms with E-state index in [0.717, 1.165) is 16.2 Å². The van der Waals surface area contributed by atoms with E-state index in [1.807, 2.05) is 24.3 Å². The van der Waals surface area contributed by atoms with Gasteiger partial charge in [0.2, 0.25) is 5.91 Å². The number of hydrogen-bond acceptors (Lipinski definition) is 4. The van der Waals surface area contributed by atoms with E-state index in [-0.39, 0.29) is 18.4 Å². The van der Waals surface area contributed by atoms with Crippen molar-refractivity contribution in [3.05, 3.63) is 29.8 Å². The largest absolute Gasteiger partial charge is 0.480 e. The van der Waals surface area contributed by atoms with Crippen LogP contribution in [0, 0.1) is 0 Å². The highest BCUT2D eigenvalue weighted by molar-refractivity contribution is 7.99. The van der Waals surface area contributed by atoms with Crippen molar-refractivity contribution in [2.24, 2.45) is 5.73 Å². The van der Waals surface area contributed by atoms with E-state index < -0.39 is 11.5 Å². The lowest BCUT2D eigenvalue weighted by molar-refractivity contribution is -0.143. The number of benzene rings is 1. The van der Waals surface area contributed by atoms with Crippen LogP contribution in [-0.4, -0.2) is 46.3 Å². The fraction of sp³-hybridized carbons (Fsp3) is 0.429. The molecule has 2 aliphatic rings. The molecule has 1 amide bonds. The van der Waals surface area contributed by atoms with E-state index >= 15 is 0 Å². The topological polar surface area (TPSA) is 83.6 Å². The summed E-state index contributed by atoms with van der Waals surface area (Å²) >= 11 is 1.67. The maximum atomic E-state index is 12.6. The first-order valence-electron chi connectivity index (χ1n) is 6.54. The summed E-state index contributed by atoms with van der Waals surface area (Å²) < 4.78 is 0. The molecule has 0 bridgehead atoms. The van der Waals surface area contributed by atoms with Crippen LogP contribution in [0.15, 0.2) is 29.2 Å². The number of rotatable bonds is 2. The number of carboxylic acid groups (broad SMARTS) is 1. The molecule has 2 heterocycles. The smallest absolute Gasteiger partial charge is 0.325 e. The molecular formula is C14H16N2O3S. The van der Waals surface area contributed by atoms with Crippen LogP contribution in [0.4, 0.5) is 0 Å². The molecule has 106 valence electrons. The first kappa shape index (κ1) is 13.5. The number of carbonyl (C=O) groups excluding carboxylic acids is 1. The molecule has 3 rings (SSSR count). The van der Waals surface area contributed by atoms with E-state index in [0.29, 0.717) is 13.0 Å². The number of carbonyl (C=O) groups is 2. The molecular weight excluding hydrogens is 276 g/mol. The molecule has 0 saturated carbocycles. The van der Waals surface area contributed by atoms with Crippen molar-refractivity contribution in [1.82, 2.24) is 4.90 Å². The van der Waals surface area contributed by atoms with Gasteiger partial charge in [-0.25, -0.2) is 0 Å². The number of nitrogens with two attached hydrogens (primary N) is 1. The first-order chi connectivity index (χ1) is 9.51. The highest BCUT2D eigenvalue weighted by atomic mass is 32.2. The Bertz CT molecular complexity index is 577. The molecule has 3 N–H and O–H groups in total. The van der Waals surface area contributed by atoms with Gasteiger partial charge in [0.15, 0.2) is 0 Å². The molecule has 20 heavy (non-hydrogen) atoms. The second kappa shape index (κ2) is 4.79. The zero-order chi connectivity index (χ0) is 14.3. The van der Waals surface area contributed by atoms with Crippen molar-refractivity contribution in [2.45, 2.75) is 22.8 Å². The third-order valence-electron chi connectivity index (χ3n) is 4.04. The second-order valence-electron chi connectivity index (χ2n) is 5.37. The van der Waals surface area contributed by atoms with E-state index in [2.05, 4.69) is 0 Å². The quantitative estimate of drug-likeness (QED) is 0.846. The number of aliphatic carboxylic acids is 1. The lowest BCUT2D eigenvalue weighted by Crippen LogP contribution is -2.51. The van der Waals surface area contributed by atoms with Gasteiger partial charge in [-0.1, -0.05) is 18.2 Å². The summed E-state index contributed by atoms with van der Waals surface area (Å²) in [7, 11) is 0. The van der Waals surface area contributed by atoms with Gasteiger partial charge in [0.25, 0.3) is 0 Å². The SMILES string of the molecule is NC1(C(=O)O)CCN(C(=O)C2CSc3ccccc32)C1. The summed E-state index contributed by atoms with van der Waals surface area (Å²) in [6.07, 6.45) is 0.315. The Morgan fingerprint density at radius 1 is 1.40 bits per heavy atom. The minimum atomic E-state index is -1.29. The summed E-state index contributed by atoms with van der Waals surface area (Å²) in [6.45, 7) is 0.523. The van der Waals surface area contributed by atoms with Gasteiger partial charge < -0.3 is 15.7 Å². The zero-order valence-electron chi connectivity index (χ0n) is 10.9. The molecule has 0 spiro atoms. The molecule has 1 fully saturated rings. The van der Waals surface area contributed by atoms with Gasteiger partial charge in [-0.15, -0.1) is 11.8 Å². The molecule has 2 unspecified atom stereocenters. The molecule has 6 heteroatoms. The number of carboxylic acids is 1. The van der Waals surface area contributed by atoms with Crippen molar-refractivity contribution in [2.75, 3.05) is 18.8 Å². The highest BCUT2D eigenvalue weighted by Gasteiger charge is 2.45. The molecule has 2 aliphatic heterocycles. The first-order valence-corrected chi connectivity index (χ1v) is 7.53. The van der Waals surface area contributed by atoms with Crippen LogP contribution >= 0.6 is 11.8 Å². The maximum Gasteiger partial charge on any atom is 0.325 e. The van der Waals surface area contributed by atoms with E-state index in [9.17, 15) is 9.59 Å². The molecule has 1 aromatic carbocycles. The Labute approximate surface area is 121 Å². The Kier molecular flexibility index (Phi) is 3.22. The summed E-state index contributed by atoms with van der Waals surface area (Å²) in [5.74, 6) is -0.489. The summed E-state index contributed by atoms with van der Waals surface area (Å²) in [4.78, 5) is 26.5. The van der Waals surface area contributed by atoms with E-state index in [4.69, 9.17) is 10.8 Å². The van der Waals surface area contributed by atoms with Crippen molar-refractivity contribution in [3.8, 4) is 0 Å². The predicted octanol–water partition coefficient (Wildman–Crippen LogP) is 0.890. The van der Waals surface area contributed by atoms with Crippen molar-refractivity contribution in [3.63, 3.8) is 0 Å². The summed E-state index contributed by atoms with van der Waals surface area (Å²) in [5, 5.41) is 9.13. The van der Waals surface area contributed by atoms with Crippen LogP contribution in [0.1, 0.15) is 17.9 Å². The van der Waals surface area contributed by atoms with Gasteiger partial charge in [-0.2, -0.15) is 0 Å². The van der Waals surface area contributed by atoms with Gasteiger partial charge >= 0.3 is 5.97 Å². The van der Waals surface area contributed by atoms with Gasteiger partial charge in [-0.3, -0.25) is 9.59 Å². The van der Waals surface area contributed by atoms with Crippen LogP contribution in [0.25, 0.3) is 0 Å². The van der Waals surface area contributed by atoms with Crippen molar-refractivity contribution >= 4 is 23.6 Å². The molecule has 1 saturated heterocycles. The molecule has 1 aromatic rings. The minimum Gasteiger partial charge on any atom is -0.480 e. The van der Waals surface area contributed by atoms with Crippen LogP contribution in [0.2, 0.25) is 0 Å². The summed E-state index contributed by atoms with van der Waals surface area (Å²) in [6, 6.07) is 7.88.